The first kappa shape index (κ1) is 10.4. The Morgan fingerprint density at radius 3 is 2.80 bits per heavy atom. The van der Waals surface area contributed by atoms with Crippen molar-refractivity contribution in [2.75, 3.05) is 24.7 Å². The molecule has 2 rings (SSSR count). The molecule has 15 heavy (non-hydrogen) atoms. The van der Waals surface area contributed by atoms with Crippen LogP contribution in [-0.2, 0) is 11.2 Å². The SMILES string of the molecule is CCc1nsc(N2CC(=O)N(CC)C2)n1. The average molecular weight is 226 g/mol. The molecule has 0 aromatic carbocycles. The normalized spacial score (nSPS) is 16.5. The molecule has 0 saturated carbocycles. The third-order valence-corrected chi connectivity index (χ3v) is 3.26. The topological polar surface area (TPSA) is 49.3 Å². The lowest BCUT2D eigenvalue weighted by atomic mass is 10.5. The van der Waals surface area contributed by atoms with Gasteiger partial charge in [-0.05, 0) is 6.92 Å². The third-order valence-electron chi connectivity index (χ3n) is 2.45. The van der Waals surface area contributed by atoms with E-state index in [0.717, 1.165) is 23.9 Å². The Hall–Kier alpha value is -1.17. The van der Waals surface area contributed by atoms with E-state index in [-0.39, 0.29) is 5.91 Å². The third kappa shape index (κ3) is 1.94. The molecule has 1 amide bonds. The lowest BCUT2D eigenvalue weighted by Gasteiger charge is -2.14. The molecular formula is C9H14N4OS. The van der Waals surface area contributed by atoms with Crippen molar-refractivity contribution in [3.63, 3.8) is 0 Å². The van der Waals surface area contributed by atoms with Gasteiger partial charge in [-0.1, -0.05) is 6.92 Å². The number of anilines is 1. The molecule has 0 aliphatic carbocycles. The second-order valence-electron chi connectivity index (χ2n) is 3.44. The van der Waals surface area contributed by atoms with Gasteiger partial charge in [-0.3, -0.25) is 4.79 Å². The van der Waals surface area contributed by atoms with Crippen molar-refractivity contribution in [1.82, 2.24) is 14.3 Å². The van der Waals surface area contributed by atoms with Crippen LogP contribution in [-0.4, -0.2) is 39.9 Å². The molecule has 6 heteroatoms. The molecule has 0 N–H and O–H groups in total. The maximum absolute atomic E-state index is 11.5. The molecule has 82 valence electrons. The van der Waals surface area contributed by atoms with Crippen LogP contribution in [0.3, 0.4) is 0 Å². The highest BCUT2D eigenvalue weighted by Gasteiger charge is 2.28. The summed E-state index contributed by atoms with van der Waals surface area (Å²) in [5.74, 6) is 1.03. The molecular weight excluding hydrogens is 212 g/mol. The highest BCUT2D eigenvalue weighted by atomic mass is 32.1. The van der Waals surface area contributed by atoms with Gasteiger partial charge in [0.25, 0.3) is 0 Å². The van der Waals surface area contributed by atoms with E-state index in [0.29, 0.717) is 13.2 Å². The van der Waals surface area contributed by atoms with E-state index in [2.05, 4.69) is 9.36 Å². The van der Waals surface area contributed by atoms with Gasteiger partial charge in [0.2, 0.25) is 11.0 Å². The first-order valence-corrected chi connectivity index (χ1v) is 5.87. The lowest BCUT2D eigenvalue weighted by molar-refractivity contribution is -0.126. The van der Waals surface area contributed by atoms with E-state index in [9.17, 15) is 4.79 Å². The van der Waals surface area contributed by atoms with Gasteiger partial charge in [-0.15, -0.1) is 0 Å². The second-order valence-corrected chi connectivity index (χ2v) is 4.17. The summed E-state index contributed by atoms with van der Waals surface area (Å²) < 4.78 is 4.21. The Kier molecular flexibility index (Phi) is 2.86. The molecule has 1 fully saturated rings. The van der Waals surface area contributed by atoms with Crippen LogP contribution < -0.4 is 4.90 Å². The number of amides is 1. The number of hydrogen-bond acceptors (Lipinski definition) is 5. The van der Waals surface area contributed by atoms with Crippen LogP contribution in [0.5, 0.6) is 0 Å². The molecule has 2 heterocycles. The van der Waals surface area contributed by atoms with Gasteiger partial charge in [-0.25, -0.2) is 4.98 Å². The zero-order valence-electron chi connectivity index (χ0n) is 8.93. The van der Waals surface area contributed by atoms with Crippen LogP contribution in [0, 0.1) is 0 Å². The van der Waals surface area contributed by atoms with Crippen LogP contribution in [0.4, 0.5) is 5.13 Å². The standard InChI is InChI=1S/C9H14N4OS/c1-3-7-10-9(15-11-7)13-5-8(14)12(4-2)6-13/h3-6H2,1-2H3. The van der Waals surface area contributed by atoms with Crippen molar-refractivity contribution < 1.29 is 4.79 Å². The maximum Gasteiger partial charge on any atom is 0.243 e. The Labute approximate surface area is 92.9 Å². The van der Waals surface area contributed by atoms with Gasteiger partial charge in [0.15, 0.2) is 0 Å². The minimum Gasteiger partial charge on any atom is -0.324 e. The zero-order chi connectivity index (χ0) is 10.8. The Morgan fingerprint density at radius 2 is 2.27 bits per heavy atom. The molecule has 1 aromatic heterocycles. The number of carbonyl (C=O) groups excluding carboxylic acids is 1. The molecule has 1 aromatic rings. The fourth-order valence-corrected chi connectivity index (χ4v) is 2.26. The summed E-state index contributed by atoms with van der Waals surface area (Å²) in [4.78, 5) is 19.7. The second kappa shape index (κ2) is 4.14. The molecule has 1 saturated heterocycles. The number of aromatic nitrogens is 2. The fourth-order valence-electron chi connectivity index (χ4n) is 1.52. The van der Waals surface area contributed by atoms with Crippen LogP contribution in [0.1, 0.15) is 19.7 Å². The van der Waals surface area contributed by atoms with E-state index in [4.69, 9.17) is 0 Å². The van der Waals surface area contributed by atoms with Gasteiger partial charge in [0.1, 0.15) is 12.4 Å². The lowest BCUT2D eigenvalue weighted by Crippen LogP contribution is -2.26. The Bertz CT molecular complexity index is 365. The van der Waals surface area contributed by atoms with Gasteiger partial charge >= 0.3 is 0 Å². The van der Waals surface area contributed by atoms with Crippen molar-refractivity contribution >= 4 is 22.6 Å². The summed E-state index contributed by atoms with van der Waals surface area (Å²) in [6.45, 7) is 5.85. The van der Waals surface area contributed by atoms with Crippen molar-refractivity contribution in [2.45, 2.75) is 20.3 Å². The van der Waals surface area contributed by atoms with Crippen molar-refractivity contribution in [3.8, 4) is 0 Å². The first-order valence-electron chi connectivity index (χ1n) is 5.10. The summed E-state index contributed by atoms with van der Waals surface area (Å²) in [6.07, 6.45) is 0.843. The van der Waals surface area contributed by atoms with Crippen molar-refractivity contribution in [3.05, 3.63) is 5.82 Å². The monoisotopic (exact) mass is 226 g/mol. The van der Waals surface area contributed by atoms with Gasteiger partial charge in [0.05, 0.1) is 6.67 Å². The molecule has 1 aliphatic rings. The van der Waals surface area contributed by atoms with E-state index >= 15 is 0 Å². The average Bonchev–Trinajstić information content (AvgIpc) is 2.83. The predicted molar refractivity (Wildman–Crippen MR) is 58.9 cm³/mol. The minimum atomic E-state index is 0.172. The number of likely N-dealkylation sites (N-methyl/N-ethyl adjacent to an activating group) is 1. The van der Waals surface area contributed by atoms with Gasteiger partial charge in [0, 0.05) is 24.5 Å². The summed E-state index contributed by atoms with van der Waals surface area (Å²) in [5.41, 5.74) is 0. The largest absolute Gasteiger partial charge is 0.324 e. The van der Waals surface area contributed by atoms with Gasteiger partial charge < -0.3 is 9.80 Å². The maximum atomic E-state index is 11.5. The number of nitrogens with zero attached hydrogens (tertiary/aromatic N) is 4. The number of carbonyl (C=O) groups is 1. The van der Waals surface area contributed by atoms with E-state index < -0.39 is 0 Å². The van der Waals surface area contributed by atoms with Gasteiger partial charge in [-0.2, -0.15) is 4.37 Å². The molecule has 0 spiro atoms. The zero-order valence-corrected chi connectivity index (χ0v) is 9.75. The number of rotatable bonds is 3. The predicted octanol–water partition coefficient (Wildman–Crippen LogP) is 0.726. The molecule has 5 nitrogen and oxygen atoms in total. The van der Waals surface area contributed by atoms with E-state index in [1.807, 2.05) is 23.6 Å². The van der Waals surface area contributed by atoms with Crippen LogP contribution in [0.25, 0.3) is 0 Å². The Balaban J connectivity index is 2.09. The molecule has 0 radical (unpaired) electrons. The van der Waals surface area contributed by atoms with Crippen LogP contribution in [0.15, 0.2) is 0 Å². The molecule has 1 aliphatic heterocycles. The summed E-state index contributed by atoms with van der Waals surface area (Å²) in [7, 11) is 0. The van der Waals surface area contributed by atoms with Crippen LogP contribution in [0.2, 0.25) is 0 Å². The first-order chi connectivity index (χ1) is 7.24. The molecule has 0 unspecified atom stereocenters. The summed E-state index contributed by atoms with van der Waals surface area (Å²) >= 11 is 1.37. The number of aryl methyl sites for hydroxylation is 1. The summed E-state index contributed by atoms with van der Waals surface area (Å²) in [5, 5.41) is 0.858. The Morgan fingerprint density at radius 1 is 1.47 bits per heavy atom. The molecule has 0 atom stereocenters. The van der Waals surface area contributed by atoms with Crippen molar-refractivity contribution in [1.29, 1.82) is 0 Å². The highest BCUT2D eigenvalue weighted by molar-refractivity contribution is 7.09. The quantitative estimate of drug-likeness (QED) is 0.762. The van der Waals surface area contributed by atoms with E-state index in [1.165, 1.54) is 11.5 Å². The van der Waals surface area contributed by atoms with Crippen LogP contribution >= 0.6 is 11.5 Å². The fraction of sp³-hybridized carbons (Fsp3) is 0.667. The highest BCUT2D eigenvalue weighted by Crippen LogP contribution is 2.21. The minimum absolute atomic E-state index is 0.172. The summed E-state index contributed by atoms with van der Waals surface area (Å²) in [6, 6.07) is 0. The molecule has 0 bridgehead atoms. The smallest absolute Gasteiger partial charge is 0.243 e. The van der Waals surface area contributed by atoms with Crippen molar-refractivity contribution in [2.24, 2.45) is 0 Å². The number of hydrogen-bond donors (Lipinski definition) is 0. The van der Waals surface area contributed by atoms with E-state index in [1.54, 1.807) is 0 Å².